The molecule has 0 bridgehead atoms. The second-order valence-corrected chi connectivity index (χ2v) is 4.26. The molecule has 0 saturated carbocycles. The molecule has 0 unspecified atom stereocenters. The zero-order valence-corrected chi connectivity index (χ0v) is 9.31. The van der Waals surface area contributed by atoms with E-state index < -0.39 is 11.6 Å². The van der Waals surface area contributed by atoms with Gasteiger partial charge < -0.3 is 5.32 Å². The van der Waals surface area contributed by atoms with E-state index in [1.54, 1.807) is 0 Å². The lowest BCUT2D eigenvalue weighted by Gasteiger charge is -2.04. The minimum absolute atomic E-state index is 0.0343. The van der Waals surface area contributed by atoms with Crippen LogP contribution in [0.25, 0.3) is 0 Å². The topological polar surface area (TPSA) is 37.8 Å². The number of anilines is 1. The molecular formula is C10H9F2N3S. The quantitative estimate of drug-likeness (QED) is 0.897. The van der Waals surface area contributed by atoms with Crippen LogP contribution in [0.5, 0.6) is 0 Å². The first kappa shape index (κ1) is 10.9. The standard InChI is InChI=1S/C10H9F2N3S/c1-6-15-8(5-16-6)4-14-10-9(12)2-7(11)3-13-10/h2-3,5H,4H2,1H3,(H,13,14). The Balaban J connectivity index is 2.04. The molecular weight excluding hydrogens is 232 g/mol. The minimum Gasteiger partial charge on any atom is -0.362 e. The summed E-state index contributed by atoms with van der Waals surface area (Å²) >= 11 is 1.52. The number of nitrogens with zero attached hydrogens (tertiary/aromatic N) is 2. The molecule has 84 valence electrons. The second-order valence-electron chi connectivity index (χ2n) is 3.20. The molecule has 0 aromatic carbocycles. The van der Waals surface area contributed by atoms with Crippen molar-refractivity contribution in [3.63, 3.8) is 0 Å². The van der Waals surface area contributed by atoms with Crippen molar-refractivity contribution in [1.82, 2.24) is 9.97 Å². The number of nitrogens with one attached hydrogen (secondary N) is 1. The van der Waals surface area contributed by atoms with Crippen LogP contribution in [0.3, 0.4) is 0 Å². The van der Waals surface area contributed by atoms with Crippen LogP contribution >= 0.6 is 11.3 Å². The SMILES string of the molecule is Cc1nc(CNc2ncc(F)cc2F)cs1. The summed E-state index contributed by atoms with van der Waals surface area (Å²) in [6, 6.07) is 0.793. The van der Waals surface area contributed by atoms with Crippen molar-refractivity contribution in [2.75, 3.05) is 5.32 Å². The van der Waals surface area contributed by atoms with Crippen molar-refractivity contribution in [1.29, 1.82) is 0 Å². The summed E-state index contributed by atoms with van der Waals surface area (Å²) in [4.78, 5) is 7.82. The molecule has 0 aliphatic carbocycles. The third-order valence-electron chi connectivity index (χ3n) is 1.91. The minimum atomic E-state index is -0.702. The number of halogens is 2. The Bertz CT molecular complexity index is 499. The molecule has 0 atom stereocenters. The number of thiazole rings is 1. The zero-order valence-electron chi connectivity index (χ0n) is 8.50. The Kier molecular flexibility index (Phi) is 3.09. The van der Waals surface area contributed by atoms with E-state index in [-0.39, 0.29) is 5.82 Å². The van der Waals surface area contributed by atoms with Crippen molar-refractivity contribution in [2.24, 2.45) is 0 Å². The van der Waals surface area contributed by atoms with E-state index in [0.717, 1.165) is 23.0 Å². The van der Waals surface area contributed by atoms with Gasteiger partial charge in [-0.1, -0.05) is 0 Å². The first-order valence-electron chi connectivity index (χ1n) is 4.61. The van der Waals surface area contributed by atoms with Crippen LogP contribution in [0.4, 0.5) is 14.6 Å². The fourth-order valence-electron chi connectivity index (χ4n) is 1.21. The molecule has 0 aliphatic heterocycles. The summed E-state index contributed by atoms with van der Waals surface area (Å²) in [5, 5.41) is 5.59. The largest absolute Gasteiger partial charge is 0.362 e. The van der Waals surface area contributed by atoms with Crippen LogP contribution in [0, 0.1) is 18.6 Å². The summed E-state index contributed by atoms with van der Waals surface area (Å²) in [6.07, 6.45) is 0.970. The second kappa shape index (κ2) is 4.52. The van der Waals surface area contributed by atoms with E-state index in [1.807, 2.05) is 12.3 Å². The molecule has 2 aromatic rings. The van der Waals surface area contributed by atoms with E-state index in [4.69, 9.17) is 0 Å². The maximum absolute atomic E-state index is 13.2. The van der Waals surface area contributed by atoms with Crippen molar-refractivity contribution in [3.8, 4) is 0 Å². The van der Waals surface area contributed by atoms with Crippen LogP contribution in [0.2, 0.25) is 0 Å². The number of hydrogen-bond donors (Lipinski definition) is 1. The molecule has 1 N–H and O–H groups in total. The smallest absolute Gasteiger partial charge is 0.168 e. The highest BCUT2D eigenvalue weighted by Gasteiger charge is 2.05. The lowest BCUT2D eigenvalue weighted by Crippen LogP contribution is -2.04. The first-order valence-corrected chi connectivity index (χ1v) is 5.49. The molecule has 0 spiro atoms. The van der Waals surface area contributed by atoms with Crippen molar-refractivity contribution < 1.29 is 8.78 Å². The number of rotatable bonds is 3. The summed E-state index contributed by atoms with van der Waals surface area (Å²) in [7, 11) is 0. The molecule has 0 aliphatic rings. The van der Waals surface area contributed by atoms with Gasteiger partial charge >= 0.3 is 0 Å². The van der Waals surface area contributed by atoms with Crippen LogP contribution < -0.4 is 5.32 Å². The number of aryl methyl sites for hydroxylation is 1. The molecule has 0 radical (unpaired) electrons. The predicted molar refractivity (Wildman–Crippen MR) is 58.3 cm³/mol. The number of aromatic nitrogens is 2. The van der Waals surface area contributed by atoms with E-state index in [9.17, 15) is 8.78 Å². The van der Waals surface area contributed by atoms with Gasteiger partial charge in [0.15, 0.2) is 11.6 Å². The zero-order chi connectivity index (χ0) is 11.5. The van der Waals surface area contributed by atoms with Gasteiger partial charge in [-0.05, 0) is 6.92 Å². The Morgan fingerprint density at radius 3 is 2.88 bits per heavy atom. The molecule has 0 fully saturated rings. The lowest BCUT2D eigenvalue weighted by atomic mass is 10.4. The molecule has 0 saturated heterocycles. The van der Waals surface area contributed by atoms with Gasteiger partial charge in [-0.2, -0.15) is 0 Å². The summed E-state index contributed by atoms with van der Waals surface area (Å²) < 4.78 is 25.7. The van der Waals surface area contributed by atoms with Crippen LogP contribution in [-0.4, -0.2) is 9.97 Å². The number of hydrogen-bond acceptors (Lipinski definition) is 4. The van der Waals surface area contributed by atoms with Crippen molar-refractivity contribution in [2.45, 2.75) is 13.5 Å². The van der Waals surface area contributed by atoms with Gasteiger partial charge in [0.2, 0.25) is 0 Å². The molecule has 6 heteroatoms. The highest BCUT2D eigenvalue weighted by molar-refractivity contribution is 7.09. The van der Waals surface area contributed by atoms with Gasteiger partial charge in [-0.3, -0.25) is 0 Å². The van der Waals surface area contributed by atoms with Crippen molar-refractivity contribution in [3.05, 3.63) is 40.0 Å². The maximum atomic E-state index is 13.2. The molecule has 0 amide bonds. The molecule has 2 aromatic heterocycles. The van der Waals surface area contributed by atoms with Gasteiger partial charge in [0.1, 0.15) is 5.82 Å². The molecule has 3 nitrogen and oxygen atoms in total. The molecule has 2 rings (SSSR count). The van der Waals surface area contributed by atoms with Gasteiger partial charge in [0.25, 0.3) is 0 Å². The Morgan fingerprint density at radius 1 is 1.44 bits per heavy atom. The fourth-order valence-corrected chi connectivity index (χ4v) is 1.82. The lowest BCUT2D eigenvalue weighted by molar-refractivity contribution is 0.575. The summed E-state index contributed by atoms with van der Waals surface area (Å²) in [5.41, 5.74) is 0.813. The molecule has 16 heavy (non-hydrogen) atoms. The van der Waals surface area contributed by atoms with Gasteiger partial charge in [-0.15, -0.1) is 11.3 Å². The van der Waals surface area contributed by atoms with E-state index >= 15 is 0 Å². The van der Waals surface area contributed by atoms with E-state index in [1.165, 1.54) is 11.3 Å². The average molecular weight is 241 g/mol. The average Bonchev–Trinajstić information content (AvgIpc) is 2.63. The van der Waals surface area contributed by atoms with Gasteiger partial charge in [0, 0.05) is 11.4 Å². The van der Waals surface area contributed by atoms with Crippen LogP contribution in [0.1, 0.15) is 10.7 Å². The monoisotopic (exact) mass is 241 g/mol. The van der Waals surface area contributed by atoms with Gasteiger partial charge in [-0.25, -0.2) is 18.7 Å². The van der Waals surface area contributed by atoms with Crippen molar-refractivity contribution >= 4 is 17.2 Å². The normalized spacial score (nSPS) is 10.4. The maximum Gasteiger partial charge on any atom is 0.168 e. The summed E-state index contributed by atoms with van der Waals surface area (Å²) in [6.45, 7) is 2.27. The highest BCUT2D eigenvalue weighted by atomic mass is 32.1. The number of pyridine rings is 1. The fraction of sp³-hybridized carbons (Fsp3) is 0.200. The third-order valence-corrected chi connectivity index (χ3v) is 2.73. The van der Waals surface area contributed by atoms with E-state index in [0.29, 0.717) is 6.54 Å². The van der Waals surface area contributed by atoms with Crippen LogP contribution in [0.15, 0.2) is 17.6 Å². The third kappa shape index (κ3) is 2.52. The van der Waals surface area contributed by atoms with Crippen LogP contribution in [-0.2, 0) is 6.54 Å². The Morgan fingerprint density at radius 2 is 2.25 bits per heavy atom. The first-order chi connectivity index (χ1) is 7.65. The van der Waals surface area contributed by atoms with E-state index in [2.05, 4.69) is 15.3 Å². The summed E-state index contributed by atoms with van der Waals surface area (Å²) in [5.74, 6) is -1.36. The van der Waals surface area contributed by atoms with Gasteiger partial charge in [0.05, 0.1) is 23.4 Å². The Hall–Kier alpha value is -1.56. The molecule has 2 heterocycles. The highest BCUT2D eigenvalue weighted by Crippen LogP contribution is 2.13. The predicted octanol–water partition coefficient (Wildman–Crippen LogP) is 2.74. The Labute approximate surface area is 95.2 Å².